The first-order valence-corrected chi connectivity index (χ1v) is 11.7. The lowest BCUT2D eigenvalue weighted by Crippen LogP contribution is -2.51. The number of carbonyl (C=O) groups is 1. The molecular weight excluding hydrogens is 334 g/mol. The van der Waals surface area contributed by atoms with Crippen molar-refractivity contribution < 1.29 is 4.79 Å². The van der Waals surface area contributed by atoms with E-state index in [1.165, 1.54) is 58.2 Å². The second kappa shape index (κ2) is 9.73. The van der Waals surface area contributed by atoms with Crippen LogP contribution in [0.3, 0.4) is 0 Å². The van der Waals surface area contributed by atoms with E-state index in [1.807, 2.05) is 13.8 Å². The van der Waals surface area contributed by atoms with Crippen molar-refractivity contribution in [3.8, 4) is 0 Å². The molecule has 1 saturated carbocycles. The van der Waals surface area contributed by atoms with Crippen LogP contribution in [0.5, 0.6) is 0 Å². The van der Waals surface area contributed by atoms with Gasteiger partial charge in [-0.15, -0.1) is 0 Å². The maximum absolute atomic E-state index is 12.1. The van der Waals surface area contributed by atoms with Crippen LogP contribution in [0.4, 0.5) is 0 Å². The standard InChI is InChI=1S/C23H43N3O/c1-18(2)21-5-7-22(8-6-21)25-11-9-20(10-12-25)17-24-13-15-26(16-14-24)23(27)19(3)4/h18-22H,5-17H2,1-4H3/t21-,22+. The summed E-state index contributed by atoms with van der Waals surface area (Å²) in [4.78, 5) is 19.6. The van der Waals surface area contributed by atoms with Crippen molar-refractivity contribution in [2.45, 2.75) is 72.3 Å². The summed E-state index contributed by atoms with van der Waals surface area (Å²) in [5, 5.41) is 0. The highest BCUT2D eigenvalue weighted by molar-refractivity contribution is 5.78. The molecule has 2 saturated heterocycles. The van der Waals surface area contributed by atoms with Crippen molar-refractivity contribution in [1.29, 1.82) is 0 Å². The first-order chi connectivity index (χ1) is 12.9. The summed E-state index contributed by atoms with van der Waals surface area (Å²) in [5.74, 6) is 3.17. The molecule has 0 aromatic heterocycles. The number of piperazine rings is 1. The first-order valence-electron chi connectivity index (χ1n) is 11.7. The van der Waals surface area contributed by atoms with Crippen LogP contribution in [-0.4, -0.2) is 72.5 Å². The van der Waals surface area contributed by atoms with E-state index in [-0.39, 0.29) is 5.92 Å². The number of nitrogens with zero attached hydrogens (tertiary/aromatic N) is 3. The molecule has 0 bridgehead atoms. The van der Waals surface area contributed by atoms with Gasteiger partial charge in [0.15, 0.2) is 0 Å². The van der Waals surface area contributed by atoms with Crippen molar-refractivity contribution >= 4 is 5.91 Å². The van der Waals surface area contributed by atoms with E-state index >= 15 is 0 Å². The van der Waals surface area contributed by atoms with E-state index in [4.69, 9.17) is 0 Å². The third-order valence-corrected chi connectivity index (χ3v) is 7.54. The van der Waals surface area contributed by atoms with E-state index in [2.05, 4.69) is 28.5 Å². The predicted octanol–water partition coefficient (Wildman–Crippen LogP) is 3.71. The summed E-state index contributed by atoms with van der Waals surface area (Å²) in [5.41, 5.74) is 0. The molecule has 0 atom stereocenters. The summed E-state index contributed by atoms with van der Waals surface area (Å²) in [6, 6.07) is 0.867. The Morgan fingerprint density at radius 1 is 0.815 bits per heavy atom. The molecule has 1 aliphatic carbocycles. The molecular formula is C23H43N3O. The van der Waals surface area contributed by atoms with E-state index in [9.17, 15) is 4.79 Å². The summed E-state index contributed by atoms with van der Waals surface area (Å²) < 4.78 is 0. The van der Waals surface area contributed by atoms with E-state index in [0.29, 0.717) is 5.91 Å². The van der Waals surface area contributed by atoms with E-state index < -0.39 is 0 Å². The van der Waals surface area contributed by atoms with Gasteiger partial charge in [-0.25, -0.2) is 0 Å². The van der Waals surface area contributed by atoms with Crippen LogP contribution >= 0.6 is 0 Å². The van der Waals surface area contributed by atoms with Crippen molar-refractivity contribution in [2.75, 3.05) is 45.8 Å². The Balaban J connectivity index is 1.34. The molecule has 0 aromatic rings. The summed E-state index contributed by atoms with van der Waals surface area (Å²) in [7, 11) is 0. The van der Waals surface area contributed by atoms with Crippen LogP contribution in [0, 0.1) is 23.7 Å². The van der Waals surface area contributed by atoms with Gasteiger partial charge in [0.05, 0.1) is 0 Å². The Labute approximate surface area is 167 Å². The van der Waals surface area contributed by atoms with Gasteiger partial charge in [0.25, 0.3) is 0 Å². The Morgan fingerprint density at radius 2 is 1.41 bits per heavy atom. The zero-order chi connectivity index (χ0) is 19.4. The van der Waals surface area contributed by atoms with Gasteiger partial charge in [0.2, 0.25) is 5.91 Å². The smallest absolute Gasteiger partial charge is 0.225 e. The van der Waals surface area contributed by atoms with E-state index in [1.54, 1.807) is 0 Å². The lowest BCUT2D eigenvalue weighted by Gasteiger charge is -2.43. The fourth-order valence-electron chi connectivity index (χ4n) is 5.52. The molecule has 3 rings (SSSR count). The molecule has 0 spiro atoms. The van der Waals surface area contributed by atoms with Gasteiger partial charge in [-0.1, -0.05) is 27.7 Å². The molecule has 0 radical (unpaired) electrons. The van der Waals surface area contributed by atoms with E-state index in [0.717, 1.165) is 50.0 Å². The minimum atomic E-state index is 0.136. The minimum Gasteiger partial charge on any atom is -0.340 e. The molecule has 27 heavy (non-hydrogen) atoms. The topological polar surface area (TPSA) is 26.8 Å². The maximum Gasteiger partial charge on any atom is 0.225 e. The molecule has 0 unspecified atom stereocenters. The lowest BCUT2D eigenvalue weighted by atomic mass is 9.78. The molecule has 2 aliphatic heterocycles. The Morgan fingerprint density at radius 3 is 1.93 bits per heavy atom. The van der Waals surface area contributed by atoms with Gasteiger partial charge in [-0.3, -0.25) is 9.69 Å². The molecule has 3 fully saturated rings. The highest BCUT2D eigenvalue weighted by Crippen LogP contribution is 2.33. The van der Waals surface area contributed by atoms with Gasteiger partial charge in [-0.05, 0) is 69.4 Å². The van der Waals surface area contributed by atoms with Gasteiger partial charge in [0, 0.05) is 44.7 Å². The predicted molar refractivity (Wildman–Crippen MR) is 113 cm³/mol. The van der Waals surface area contributed by atoms with Crippen LogP contribution in [0.15, 0.2) is 0 Å². The van der Waals surface area contributed by atoms with Crippen molar-refractivity contribution in [3.05, 3.63) is 0 Å². The molecule has 3 aliphatic rings. The van der Waals surface area contributed by atoms with Crippen molar-refractivity contribution in [3.63, 3.8) is 0 Å². The average Bonchev–Trinajstić information content (AvgIpc) is 2.68. The van der Waals surface area contributed by atoms with Gasteiger partial charge in [-0.2, -0.15) is 0 Å². The second-order valence-electron chi connectivity index (χ2n) is 10.1. The van der Waals surface area contributed by atoms with Crippen molar-refractivity contribution in [1.82, 2.24) is 14.7 Å². The fourth-order valence-corrected chi connectivity index (χ4v) is 5.52. The summed E-state index contributed by atoms with van der Waals surface area (Å²) in [6.07, 6.45) is 8.49. The first kappa shape index (κ1) is 21.1. The number of rotatable bonds is 5. The fraction of sp³-hybridized carbons (Fsp3) is 0.957. The van der Waals surface area contributed by atoms with Gasteiger partial charge < -0.3 is 9.80 Å². The third kappa shape index (κ3) is 5.69. The van der Waals surface area contributed by atoms with Crippen LogP contribution in [0.1, 0.15) is 66.2 Å². The Kier molecular flexibility index (Phi) is 7.61. The molecule has 0 N–H and O–H groups in total. The maximum atomic E-state index is 12.1. The molecule has 0 aromatic carbocycles. The number of hydrogen-bond donors (Lipinski definition) is 0. The summed E-state index contributed by atoms with van der Waals surface area (Å²) in [6.45, 7) is 16.7. The third-order valence-electron chi connectivity index (χ3n) is 7.54. The van der Waals surface area contributed by atoms with Crippen LogP contribution in [0.2, 0.25) is 0 Å². The van der Waals surface area contributed by atoms with Gasteiger partial charge in [0.1, 0.15) is 0 Å². The van der Waals surface area contributed by atoms with Crippen LogP contribution < -0.4 is 0 Å². The molecule has 156 valence electrons. The Bertz CT molecular complexity index is 454. The molecule has 1 amide bonds. The molecule has 2 heterocycles. The molecule has 4 heteroatoms. The lowest BCUT2D eigenvalue weighted by molar-refractivity contribution is -0.136. The number of piperidine rings is 1. The highest BCUT2D eigenvalue weighted by atomic mass is 16.2. The zero-order valence-electron chi connectivity index (χ0n) is 18.3. The number of carbonyl (C=O) groups excluding carboxylic acids is 1. The number of likely N-dealkylation sites (tertiary alicyclic amines) is 1. The van der Waals surface area contributed by atoms with Crippen LogP contribution in [-0.2, 0) is 4.79 Å². The average molecular weight is 378 g/mol. The minimum absolute atomic E-state index is 0.136. The van der Waals surface area contributed by atoms with Crippen molar-refractivity contribution in [2.24, 2.45) is 23.7 Å². The normalized spacial score (nSPS) is 29.6. The van der Waals surface area contributed by atoms with Gasteiger partial charge >= 0.3 is 0 Å². The second-order valence-corrected chi connectivity index (χ2v) is 10.1. The quantitative estimate of drug-likeness (QED) is 0.731. The van der Waals surface area contributed by atoms with Crippen LogP contribution in [0.25, 0.3) is 0 Å². The number of hydrogen-bond acceptors (Lipinski definition) is 3. The SMILES string of the molecule is CC(C)C(=O)N1CCN(CC2CCN([C@H]3CC[C@@H](C(C)C)CC3)CC2)CC1. The number of amides is 1. The Hall–Kier alpha value is -0.610. The molecule has 4 nitrogen and oxygen atoms in total. The highest BCUT2D eigenvalue weighted by Gasteiger charge is 2.31. The largest absolute Gasteiger partial charge is 0.340 e. The monoisotopic (exact) mass is 377 g/mol. The zero-order valence-corrected chi connectivity index (χ0v) is 18.3. The summed E-state index contributed by atoms with van der Waals surface area (Å²) >= 11 is 0.